The highest BCUT2D eigenvalue weighted by Gasteiger charge is 2.47. The van der Waals surface area contributed by atoms with Gasteiger partial charge in [0.25, 0.3) is 0 Å². The summed E-state index contributed by atoms with van der Waals surface area (Å²) in [4.78, 5) is 88.9. The summed E-state index contributed by atoms with van der Waals surface area (Å²) < 4.78 is 12.3. The molecule has 4 N–H and O–H groups in total. The first-order valence-electron chi connectivity index (χ1n) is 20.5. The second-order valence-corrected chi connectivity index (χ2v) is 16.8. The average molecular weight is 792 g/mol. The molecular weight excluding hydrogens is 731 g/mol. The molecule has 0 radical (unpaired) electrons. The predicted octanol–water partition coefficient (Wildman–Crippen LogP) is 3.63. The van der Waals surface area contributed by atoms with Crippen LogP contribution in [0.1, 0.15) is 109 Å². The molecule has 2 saturated carbocycles. The molecule has 5 amide bonds. The van der Waals surface area contributed by atoms with E-state index < -0.39 is 71.0 Å². The van der Waals surface area contributed by atoms with Crippen molar-refractivity contribution in [3.05, 3.63) is 54.1 Å². The molecule has 2 heterocycles. The van der Waals surface area contributed by atoms with Gasteiger partial charge in [0, 0.05) is 38.3 Å². The molecule has 5 rings (SSSR count). The van der Waals surface area contributed by atoms with Gasteiger partial charge in [-0.05, 0) is 70.8 Å². The van der Waals surface area contributed by atoms with Crippen LogP contribution in [0.5, 0.6) is 0 Å². The van der Waals surface area contributed by atoms with Crippen LogP contribution >= 0.6 is 0 Å². The summed E-state index contributed by atoms with van der Waals surface area (Å²) in [5.74, 6) is -2.56. The number of imidazole rings is 1. The lowest BCUT2D eigenvalue weighted by molar-refractivity contribution is -0.146. The Labute approximate surface area is 335 Å². The summed E-state index contributed by atoms with van der Waals surface area (Å²) in [7, 11) is 3.07. The smallest absolute Gasteiger partial charge is 0.408 e. The third-order valence-electron chi connectivity index (χ3n) is 11.4. The van der Waals surface area contributed by atoms with E-state index in [0.717, 1.165) is 44.1 Å². The minimum Gasteiger partial charge on any atom is -0.467 e. The Bertz CT molecular complexity index is 1710. The quantitative estimate of drug-likeness (QED) is 0.207. The molecule has 0 spiro atoms. The number of ether oxygens (including phenoxy) is 2. The zero-order valence-electron chi connectivity index (χ0n) is 34.1. The molecule has 57 heavy (non-hydrogen) atoms. The van der Waals surface area contributed by atoms with E-state index in [9.17, 15) is 28.8 Å². The monoisotopic (exact) mass is 791 g/mol. The van der Waals surface area contributed by atoms with Gasteiger partial charge in [0.15, 0.2) is 0 Å². The van der Waals surface area contributed by atoms with E-state index in [1.807, 2.05) is 30.3 Å². The molecule has 1 aliphatic heterocycles. The van der Waals surface area contributed by atoms with Crippen LogP contribution in [-0.4, -0.2) is 99.1 Å². The maximum Gasteiger partial charge on any atom is 0.408 e. The highest BCUT2D eigenvalue weighted by molar-refractivity contribution is 5.98. The lowest BCUT2D eigenvalue weighted by Crippen LogP contribution is -2.66. The van der Waals surface area contributed by atoms with E-state index in [2.05, 4.69) is 26.3 Å². The second-order valence-electron chi connectivity index (χ2n) is 16.8. The molecule has 0 bridgehead atoms. The lowest BCUT2D eigenvalue weighted by Gasteiger charge is -2.40. The third kappa shape index (κ3) is 11.6. The van der Waals surface area contributed by atoms with Crippen molar-refractivity contribution in [1.29, 1.82) is 0 Å². The zero-order chi connectivity index (χ0) is 41.2. The van der Waals surface area contributed by atoms with Gasteiger partial charge in [-0.15, -0.1) is 0 Å². The molecule has 3 fully saturated rings. The Kier molecular flexibility index (Phi) is 14.7. The molecule has 15 heteroatoms. The summed E-state index contributed by atoms with van der Waals surface area (Å²) in [6.45, 7) is 5.49. The Morgan fingerprint density at radius 2 is 1.54 bits per heavy atom. The van der Waals surface area contributed by atoms with Gasteiger partial charge in [0.05, 0.1) is 13.4 Å². The first kappa shape index (κ1) is 43.2. The number of aromatic nitrogens is 2. The van der Waals surface area contributed by atoms with Crippen molar-refractivity contribution >= 4 is 35.7 Å². The average Bonchev–Trinajstić information content (AvgIpc) is 3.85. The number of amides is 5. The Morgan fingerprint density at radius 3 is 2.18 bits per heavy atom. The molecule has 3 aliphatic rings. The summed E-state index contributed by atoms with van der Waals surface area (Å²) >= 11 is 0. The van der Waals surface area contributed by atoms with Crippen molar-refractivity contribution in [2.45, 2.75) is 146 Å². The van der Waals surface area contributed by atoms with Crippen LogP contribution in [0.15, 0.2) is 42.9 Å². The normalized spacial score (nSPS) is 20.0. The molecule has 0 unspecified atom stereocenters. The fraction of sp³-hybridized carbons (Fsp3) is 0.643. The summed E-state index contributed by atoms with van der Waals surface area (Å²) in [6.07, 6.45) is 11.1. The number of benzene rings is 1. The fourth-order valence-corrected chi connectivity index (χ4v) is 8.42. The van der Waals surface area contributed by atoms with Crippen LogP contribution < -0.4 is 21.3 Å². The number of methoxy groups -OCH3 is 1. The van der Waals surface area contributed by atoms with Crippen molar-refractivity contribution in [1.82, 2.24) is 35.7 Å². The van der Waals surface area contributed by atoms with Gasteiger partial charge in [-0.2, -0.15) is 0 Å². The van der Waals surface area contributed by atoms with Crippen LogP contribution in [0.4, 0.5) is 4.79 Å². The van der Waals surface area contributed by atoms with Gasteiger partial charge in [0.1, 0.15) is 35.3 Å². The minimum absolute atomic E-state index is 0.124. The van der Waals surface area contributed by atoms with Crippen molar-refractivity contribution in [2.24, 2.45) is 13.0 Å². The van der Waals surface area contributed by atoms with Gasteiger partial charge >= 0.3 is 12.1 Å². The topological polar surface area (TPSA) is 190 Å². The molecular formula is C42H61N7O8. The van der Waals surface area contributed by atoms with E-state index in [1.54, 1.807) is 44.9 Å². The maximum atomic E-state index is 14.6. The van der Waals surface area contributed by atoms with Crippen molar-refractivity contribution < 1.29 is 38.2 Å². The molecule has 1 aromatic carbocycles. The standard InChI is InChI=1S/C42H61N7O8/c1-41(2,3)57-40(55)45-31(25-30-26-43-27-48(30)4)37(52)49-23-15-20-33(49)35(50)47-42(21-13-8-14-22-42)39(54)46-34(29-18-11-7-12-19-29)36(51)44-32(38(53)56-5)24-28-16-9-6-10-17-28/h6,9-10,16-17,26-27,29,31-34H,7-8,11-15,18-25H2,1-5H3,(H,44,51)(H,45,55)(H,46,54)(H,47,50)/t31-,32-,33+,34-/m0/s1. The first-order chi connectivity index (χ1) is 27.2. The van der Waals surface area contributed by atoms with Crippen LogP contribution in [0.3, 0.4) is 0 Å². The minimum atomic E-state index is -1.31. The van der Waals surface area contributed by atoms with Crippen LogP contribution in [0, 0.1) is 5.92 Å². The fourth-order valence-electron chi connectivity index (χ4n) is 8.42. The van der Waals surface area contributed by atoms with Gasteiger partial charge in [0.2, 0.25) is 23.6 Å². The van der Waals surface area contributed by atoms with Gasteiger partial charge < -0.3 is 40.2 Å². The number of alkyl carbamates (subject to hydrolysis) is 1. The number of hydrogen-bond acceptors (Lipinski definition) is 9. The lowest BCUT2D eigenvalue weighted by atomic mass is 9.79. The van der Waals surface area contributed by atoms with Crippen LogP contribution in [0.2, 0.25) is 0 Å². The highest BCUT2D eigenvalue weighted by atomic mass is 16.6. The van der Waals surface area contributed by atoms with Crippen molar-refractivity contribution in [3.63, 3.8) is 0 Å². The molecule has 1 aromatic heterocycles. The molecule has 4 atom stereocenters. The van der Waals surface area contributed by atoms with E-state index in [1.165, 1.54) is 12.0 Å². The number of likely N-dealkylation sites (tertiary alicyclic amines) is 1. The number of aryl methyl sites for hydroxylation is 1. The number of rotatable bonds is 14. The van der Waals surface area contributed by atoms with E-state index in [0.29, 0.717) is 50.8 Å². The Balaban J connectivity index is 1.35. The van der Waals surface area contributed by atoms with Crippen molar-refractivity contribution in [2.75, 3.05) is 13.7 Å². The summed E-state index contributed by atoms with van der Waals surface area (Å²) in [6, 6.07) is 5.51. The number of nitrogens with zero attached hydrogens (tertiary/aromatic N) is 3. The molecule has 312 valence electrons. The van der Waals surface area contributed by atoms with Gasteiger partial charge in [-0.25, -0.2) is 14.6 Å². The SMILES string of the molecule is COC(=O)[C@H](Cc1ccccc1)NC(=O)[C@@H](NC(=O)C1(NC(=O)[C@H]2CCCN2C(=O)[C@H](Cc2cncn2C)NC(=O)OC(C)(C)C)CCCCC1)C1CCCCC1. The number of carbonyl (C=O) groups is 6. The largest absolute Gasteiger partial charge is 0.467 e. The van der Waals surface area contributed by atoms with Crippen LogP contribution in [0.25, 0.3) is 0 Å². The van der Waals surface area contributed by atoms with Gasteiger partial charge in [-0.1, -0.05) is 68.9 Å². The zero-order valence-corrected chi connectivity index (χ0v) is 34.1. The first-order valence-corrected chi connectivity index (χ1v) is 20.5. The Hall–Kier alpha value is -4.95. The maximum absolute atomic E-state index is 14.6. The molecule has 2 aromatic rings. The predicted molar refractivity (Wildman–Crippen MR) is 211 cm³/mol. The second kappa shape index (κ2) is 19.5. The van der Waals surface area contributed by atoms with Gasteiger partial charge in [-0.3, -0.25) is 19.2 Å². The van der Waals surface area contributed by atoms with E-state index >= 15 is 0 Å². The Morgan fingerprint density at radius 1 is 0.860 bits per heavy atom. The summed E-state index contributed by atoms with van der Waals surface area (Å²) in [5, 5.41) is 11.8. The van der Waals surface area contributed by atoms with E-state index in [4.69, 9.17) is 9.47 Å². The third-order valence-corrected chi connectivity index (χ3v) is 11.4. The van der Waals surface area contributed by atoms with Crippen LogP contribution in [-0.2, 0) is 53.3 Å². The highest BCUT2D eigenvalue weighted by Crippen LogP contribution is 2.32. The number of esters is 1. The molecule has 1 saturated heterocycles. The number of carbonyl (C=O) groups excluding carboxylic acids is 6. The van der Waals surface area contributed by atoms with E-state index in [-0.39, 0.29) is 18.8 Å². The number of nitrogens with one attached hydrogen (secondary N) is 4. The summed E-state index contributed by atoms with van der Waals surface area (Å²) in [5.41, 5.74) is -0.554. The number of hydrogen-bond donors (Lipinski definition) is 4. The molecule has 2 aliphatic carbocycles. The van der Waals surface area contributed by atoms with Crippen molar-refractivity contribution in [3.8, 4) is 0 Å². The molecule has 15 nitrogen and oxygen atoms in total.